The molecule has 0 saturated carbocycles. The van der Waals surface area contributed by atoms with E-state index in [1.165, 1.54) is 12.1 Å². The second kappa shape index (κ2) is 3.46. The van der Waals surface area contributed by atoms with Crippen molar-refractivity contribution in [2.75, 3.05) is 5.73 Å². The molecular formula is C10H6ClFN4O. The molecule has 5 nitrogen and oxygen atoms in total. The van der Waals surface area contributed by atoms with Gasteiger partial charge < -0.3 is 10.2 Å². The van der Waals surface area contributed by atoms with Crippen LogP contribution in [0, 0.1) is 5.82 Å². The average Bonchev–Trinajstić information content (AvgIpc) is 2.85. The number of nitrogens with one attached hydrogen (secondary N) is 1. The van der Waals surface area contributed by atoms with E-state index >= 15 is 0 Å². The van der Waals surface area contributed by atoms with Crippen LogP contribution >= 0.6 is 11.6 Å². The Morgan fingerprint density at radius 2 is 2.18 bits per heavy atom. The van der Waals surface area contributed by atoms with Gasteiger partial charge in [-0.15, -0.1) is 0 Å². The Hall–Kier alpha value is -2.08. The number of aromatic amines is 1. The molecule has 3 N–H and O–H groups in total. The molecule has 1 aromatic carbocycles. The molecule has 0 aliphatic rings. The second-order valence-corrected chi connectivity index (χ2v) is 3.87. The number of nitrogen functional groups attached to an aromatic ring is 1. The fourth-order valence-corrected chi connectivity index (χ4v) is 1.64. The predicted octanol–water partition coefficient (Wildman–Crippen LogP) is 2.59. The zero-order chi connectivity index (χ0) is 12.0. The maximum Gasteiger partial charge on any atom is 0.245 e. The zero-order valence-electron chi connectivity index (χ0n) is 8.37. The molecule has 2 aromatic heterocycles. The standard InChI is InChI=1S/C10H6ClFN4O/c11-4-1-6-8(2-5(4)12)17-10(14-6)7-3-9(13)16-15-7/h1-3H,(H3,13,15,16). The first-order chi connectivity index (χ1) is 8.13. The molecule has 0 spiro atoms. The number of H-pyrrole nitrogens is 1. The lowest BCUT2D eigenvalue weighted by Crippen LogP contribution is -1.81. The molecule has 86 valence electrons. The largest absolute Gasteiger partial charge is 0.435 e. The summed E-state index contributed by atoms with van der Waals surface area (Å²) in [4.78, 5) is 4.15. The number of hydrogen-bond donors (Lipinski definition) is 2. The Balaban J connectivity index is 2.19. The van der Waals surface area contributed by atoms with E-state index in [4.69, 9.17) is 21.8 Å². The van der Waals surface area contributed by atoms with Crippen molar-refractivity contribution < 1.29 is 8.81 Å². The molecule has 0 fully saturated rings. The number of rotatable bonds is 1. The highest BCUT2D eigenvalue weighted by molar-refractivity contribution is 6.31. The van der Waals surface area contributed by atoms with E-state index in [2.05, 4.69) is 15.2 Å². The Morgan fingerprint density at radius 3 is 2.88 bits per heavy atom. The lowest BCUT2D eigenvalue weighted by molar-refractivity contribution is 0.600. The molecule has 2 heterocycles. The third-order valence-corrected chi connectivity index (χ3v) is 2.55. The van der Waals surface area contributed by atoms with Crippen molar-refractivity contribution in [3.63, 3.8) is 0 Å². The van der Waals surface area contributed by atoms with Crippen molar-refractivity contribution in [3.05, 3.63) is 29.0 Å². The number of fused-ring (bicyclic) bond motifs is 1. The van der Waals surface area contributed by atoms with Gasteiger partial charge in [-0.05, 0) is 6.07 Å². The number of nitrogens with zero attached hydrogens (tertiary/aromatic N) is 2. The number of hydrogen-bond acceptors (Lipinski definition) is 4. The van der Waals surface area contributed by atoms with Gasteiger partial charge in [-0.25, -0.2) is 9.37 Å². The summed E-state index contributed by atoms with van der Waals surface area (Å²) in [6, 6.07) is 4.16. The fourth-order valence-electron chi connectivity index (χ4n) is 1.49. The van der Waals surface area contributed by atoms with Crippen LogP contribution < -0.4 is 5.73 Å². The van der Waals surface area contributed by atoms with Gasteiger partial charge in [0.1, 0.15) is 22.8 Å². The summed E-state index contributed by atoms with van der Waals surface area (Å²) in [6.07, 6.45) is 0. The summed E-state index contributed by atoms with van der Waals surface area (Å²) < 4.78 is 18.6. The lowest BCUT2D eigenvalue weighted by Gasteiger charge is -1.90. The van der Waals surface area contributed by atoms with Crippen LogP contribution in [-0.4, -0.2) is 15.2 Å². The monoisotopic (exact) mass is 252 g/mol. The van der Waals surface area contributed by atoms with Crippen molar-refractivity contribution in [3.8, 4) is 11.6 Å². The number of benzene rings is 1. The molecule has 0 aliphatic heterocycles. The molecule has 17 heavy (non-hydrogen) atoms. The lowest BCUT2D eigenvalue weighted by atomic mass is 10.3. The van der Waals surface area contributed by atoms with E-state index in [9.17, 15) is 4.39 Å². The number of nitrogens with two attached hydrogens (primary N) is 1. The van der Waals surface area contributed by atoms with Crippen LogP contribution in [0.3, 0.4) is 0 Å². The van der Waals surface area contributed by atoms with Crippen LogP contribution in [0.1, 0.15) is 0 Å². The second-order valence-electron chi connectivity index (χ2n) is 3.46. The molecule has 0 atom stereocenters. The minimum atomic E-state index is -0.550. The summed E-state index contributed by atoms with van der Waals surface area (Å²) >= 11 is 5.65. The highest BCUT2D eigenvalue weighted by Gasteiger charge is 2.12. The number of halogens is 2. The van der Waals surface area contributed by atoms with Crippen LogP contribution in [0.15, 0.2) is 22.6 Å². The van der Waals surface area contributed by atoms with Crippen LogP contribution in [0.2, 0.25) is 5.02 Å². The molecule has 0 amide bonds. The van der Waals surface area contributed by atoms with Crippen LogP contribution in [-0.2, 0) is 0 Å². The van der Waals surface area contributed by atoms with Gasteiger partial charge in [0.15, 0.2) is 5.58 Å². The zero-order valence-corrected chi connectivity index (χ0v) is 9.12. The average molecular weight is 253 g/mol. The fraction of sp³-hybridized carbons (Fsp3) is 0. The van der Waals surface area contributed by atoms with Crippen molar-refractivity contribution in [2.24, 2.45) is 0 Å². The van der Waals surface area contributed by atoms with E-state index in [1.807, 2.05) is 0 Å². The van der Waals surface area contributed by atoms with E-state index in [1.54, 1.807) is 6.07 Å². The van der Waals surface area contributed by atoms with Crippen LogP contribution in [0.5, 0.6) is 0 Å². The van der Waals surface area contributed by atoms with Gasteiger partial charge in [-0.3, -0.25) is 5.10 Å². The van der Waals surface area contributed by atoms with Crippen molar-refractivity contribution >= 4 is 28.5 Å². The summed E-state index contributed by atoms with van der Waals surface area (Å²) in [6.45, 7) is 0. The maximum atomic E-state index is 13.2. The Kier molecular flexibility index (Phi) is 2.05. The van der Waals surface area contributed by atoms with Gasteiger partial charge in [-0.2, -0.15) is 5.10 Å². The molecule has 0 saturated heterocycles. The van der Waals surface area contributed by atoms with E-state index < -0.39 is 5.82 Å². The number of anilines is 1. The van der Waals surface area contributed by atoms with E-state index in [-0.39, 0.29) is 10.9 Å². The summed E-state index contributed by atoms with van der Waals surface area (Å²) in [5.41, 5.74) is 6.78. The van der Waals surface area contributed by atoms with Gasteiger partial charge >= 0.3 is 0 Å². The highest BCUT2D eigenvalue weighted by atomic mass is 35.5. The van der Waals surface area contributed by atoms with E-state index in [0.29, 0.717) is 22.6 Å². The molecule has 0 unspecified atom stereocenters. The number of oxazole rings is 1. The third kappa shape index (κ3) is 1.62. The van der Waals surface area contributed by atoms with Gasteiger partial charge in [0, 0.05) is 12.1 Å². The molecule has 0 aliphatic carbocycles. The molecule has 3 aromatic rings. The molecule has 0 radical (unpaired) electrons. The van der Waals surface area contributed by atoms with Gasteiger partial charge in [-0.1, -0.05) is 11.6 Å². The predicted molar refractivity (Wildman–Crippen MR) is 61.0 cm³/mol. The maximum absolute atomic E-state index is 13.2. The van der Waals surface area contributed by atoms with Crippen molar-refractivity contribution in [1.82, 2.24) is 15.2 Å². The van der Waals surface area contributed by atoms with Crippen LogP contribution in [0.25, 0.3) is 22.7 Å². The minimum absolute atomic E-state index is 0.00137. The van der Waals surface area contributed by atoms with Gasteiger partial charge in [0.25, 0.3) is 0 Å². The summed E-state index contributed by atoms with van der Waals surface area (Å²) in [5, 5.41) is 6.41. The summed E-state index contributed by atoms with van der Waals surface area (Å²) in [5.74, 6) is 0.0586. The molecule has 7 heteroatoms. The third-order valence-electron chi connectivity index (χ3n) is 2.26. The molecule has 0 bridgehead atoms. The smallest absolute Gasteiger partial charge is 0.245 e. The Morgan fingerprint density at radius 1 is 1.35 bits per heavy atom. The van der Waals surface area contributed by atoms with Gasteiger partial charge in [0.05, 0.1) is 5.02 Å². The normalized spacial score (nSPS) is 11.2. The SMILES string of the molecule is Nc1cc(-c2nc3cc(Cl)c(F)cc3o2)[nH]n1. The van der Waals surface area contributed by atoms with E-state index in [0.717, 1.165) is 0 Å². The molecule has 3 rings (SSSR count). The van der Waals surface area contributed by atoms with Crippen molar-refractivity contribution in [1.29, 1.82) is 0 Å². The quantitative estimate of drug-likeness (QED) is 0.697. The van der Waals surface area contributed by atoms with Crippen molar-refractivity contribution in [2.45, 2.75) is 0 Å². The topological polar surface area (TPSA) is 80.7 Å². The molecular weight excluding hydrogens is 247 g/mol. The Labute approximate surface area is 99.4 Å². The minimum Gasteiger partial charge on any atom is -0.435 e. The number of aromatic nitrogens is 3. The summed E-state index contributed by atoms with van der Waals surface area (Å²) in [7, 11) is 0. The highest BCUT2D eigenvalue weighted by Crippen LogP contribution is 2.27. The Bertz CT molecular complexity index is 666. The van der Waals surface area contributed by atoms with Crippen LogP contribution in [0.4, 0.5) is 10.2 Å². The first-order valence-corrected chi connectivity index (χ1v) is 5.08. The first kappa shape index (κ1) is 10.1. The van der Waals surface area contributed by atoms with Gasteiger partial charge in [0.2, 0.25) is 5.89 Å². The first-order valence-electron chi connectivity index (χ1n) is 4.70.